The van der Waals surface area contributed by atoms with E-state index in [-0.39, 0.29) is 29.9 Å². The highest BCUT2D eigenvalue weighted by molar-refractivity contribution is 7.14. The molecule has 2 aromatic heterocycles. The maximum atomic E-state index is 13.3. The maximum absolute atomic E-state index is 13.3. The Hall–Kier alpha value is -4.57. The summed E-state index contributed by atoms with van der Waals surface area (Å²) >= 11 is 1.42. The standard InChI is InChI=1S/C28H24FN5O3S/c1-34(19-6-4-3-5-7-19)25-15-22-21(31-27(36)20(30-22)12-13-26(35)37-2)14-23(25)32-28-33-24(16-38-28)17-8-10-18(29)11-9-17/h3-11,14-16H,12-13H2,1-2H3,(H,31,36)(H,32,33). The number of fused-ring (bicyclic) bond motifs is 1. The summed E-state index contributed by atoms with van der Waals surface area (Å²) in [5.41, 5.74) is 5.04. The van der Waals surface area contributed by atoms with Gasteiger partial charge in [0.15, 0.2) is 5.13 Å². The van der Waals surface area contributed by atoms with E-state index in [1.165, 1.54) is 30.6 Å². The summed E-state index contributed by atoms with van der Waals surface area (Å²) in [5, 5.41) is 5.91. The topological polar surface area (TPSA) is 100 Å². The first kappa shape index (κ1) is 25.1. The molecule has 0 saturated heterocycles. The van der Waals surface area contributed by atoms with Gasteiger partial charge in [-0.1, -0.05) is 18.2 Å². The first-order valence-corrected chi connectivity index (χ1v) is 12.7. The number of methoxy groups -OCH3 is 1. The van der Waals surface area contributed by atoms with Gasteiger partial charge in [0.1, 0.15) is 11.5 Å². The molecule has 0 aliphatic carbocycles. The smallest absolute Gasteiger partial charge is 0.305 e. The second-order valence-corrected chi connectivity index (χ2v) is 9.40. The SMILES string of the molecule is COC(=O)CCc1nc2cc(N(C)c3ccccc3)c(Nc3nc(-c4ccc(F)cc4)cs3)cc2[nH]c1=O. The Morgan fingerprint density at radius 2 is 1.87 bits per heavy atom. The number of halogens is 1. The van der Waals surface area contributed by atoms with E-state index in [1.807, 2.05) is 59.8 Å². The van der Waals surface area contributed by atoms with Gasteiger partial charge in [0.25, 0.3) is 5.56 Å². The van der Waals surface area contributed by atoms with E-state index in [0.29, 0.717) is 21.9 Å². The summed E-state index contributed by atoms with van der Waals surface area (Å²) in [6.45, 7) is 0. The van der Waals surface area contributed by atoms with E-state index in [0.717, 1.165) is 22.6 Å². The van der Waals surface area contributed by atoms with Gasteiger partial charge < -0.3 is 19.9 Å². The number of aryl methyl sites for hydroxylation is 1. The van der Waals surface area contributed by atoms with Crippen molar-refractivity contribution in [3.8, 4) is 11.3 Å². The van der Waals surface area contributed by atoms with Crippen molar-refractivity contribution in [3.05, 3.63) is 94.0 Å². The molecule has 0 amide bonds. The van der Waals surface area contributed by atoms with E-state index in [9.17, 15) is 14.0 Å². The minimum atomic E-state index is -0.404. The molecule has 0 saturated carbocycles. The molecule has 0 aliphatic heterocycles. The lowest BCUT2D eigenvalue weighted by Gasteiger charge is -2.23. The molecule has 2 heterocycles. The first-order chi connectivity index (χ1) is 18.4. The molecule has 0 bridgehead atoms. The number of ether oxygens (including phenoxy) is 1. The van der Waals surface area contributed by atoms with Crippen molar-refractivity contribution in [2.24, 2.45) is 0 Å². The molecular weight excluding hydrogens is 505 g/mol. The molecule has 5 aromatic rings. The van der Waals surface area contributed by atoms with E-state index in [2.05, 4.69) is 20.3 Å². The van der Waals surface area contributed by atoms with Gasteiger partial charge in [0.2, 0.25) is 0 Å². The summed E-state index contributed by atoms with van der Waals surface area (Å²) in [6.07, 6.45) is 0.238. The zero-order valence-corrected chi connectivity index (χ0v) is 21.5. The van der Waals surface area contributed by atoms with Crippen LogP contribution in [0.3, 0.4) is 0 Å². The van der Waals surface area contributed by atoms with Crippen molar-refractivity contribution >= 4 is 50.5 Å². The average Bonchev–Trinajstić information content (AvgIpc) is 3.40. The average molecular weight is 530 g/mol. The van der Waals surface area contributed by atoms with Crippen molar-refractivity contribution in [2.45, 2.75) is 12.8 Å². The highest BCUT2D eigenvalue weighted by Crippen LogP contribution is 2.36. The Balaban J connectivity index is 1.55. The number of para-hydroxylation sites is 1. The lowest BCUT2D eigenvalue weighted by atomic mass is 10.1. The maximum Gasteiger partial charge on any atom is 0.305 e. The molecule has 0 atom stereocenters. The van der Waals surface area contributed by atoms with Gasteiger partial charge in [0.05, 0.1) is 41.6 Å². The van der Waals surface area contributed by atoms with Gasteiger partial charge >= 0.3 is 5.97 Å². The number of carbonyl (C=O) groups excluding carboxylic acids is 1. The highest BCUT2D eigenvalue weighted by atomic mass is 32.1. The minimum Gasteiger partial charge on any atom is -0.469 e. The zero-order valence-electron chi connectivity index (χ0n) is 20.7. The molecular formula is C28H24FN5O3S. The van der Waals surface area contributed by atoms with Crippen LogP contribution < -0.4 is 15.8 Å². The van der Waals surface area contributed by atoms with Gasteiger partial charge in [-0.05, 0) is 48.5 Å². The summed E-state index contributed by atoms with van der Waals surface area (Å²) in [5.74, 6) is -0.707. The largest absolute Gasteiger partial charge is 0.469 e. The quantitative estimate of drug-likeness (QED) is 0.245. The summed E-state index contributed by atoms with van der Waals surface area (Å²) in [7, 11) is 3.25. The predicted octanol–water partition coefficient (Wildman–Crippen LogP) is 5.80. The fraction of sp³-hybridized carbons (Fsp3) is 0.143. The van der Waals surface area contributed by atoms with E-state index in [4.69, 9.17) is 4.74 Å². The highest BCUT2D eigenvalue weighted by Gasteiger charge is 2.16. The molecule has 0 unspecified atom stereocenters. The van der Waals surface area contributed by atoms with Gasteiger partial charge in [-0.2, -0.15) is 0 Å². The molecule has 10 heteroatoms. The number of thiazole rings is 1. The summed E-state index contributed by atoms with van der Waals surface area (Å²) in [4.78, 5) is 38.4. The number of anilines is 4. The number of hydrogen-bond acceptors (Lipinski definition) is 8. The van der Waals surface area contributed by atoms with Crippen molar-refractivity contribution in [1.82, 2.24) is 15.0 Å². The van der Waals surface area contributed by atoms with Crippen molar-refractivity contribution < 1.29 is 13.9 Å². The Morgan fingerprint density at radius 3 is 2.61 bits per heavy atom. The van der Waals surface area contributed by atoms with Crippen LogP contribution in [0.15, 0.2) is 76.9 Å². The second kappa shape index (κ2) is 10.8. The third-order valence-electron chi connectivity index (χ3n) is 6.06. The van der Waals surface area contributed by atoms with Gasteiger partial charge in [-0.3, -0.25) is 9.59 Å². The number of benzene rings is 3. The van der Waals surface area contributed by atoms with Crippen molar-refractivity contribution in [1.29, 1.82) is 0 Å². The zero-order chi connectivity index (χ0) is 26.6. The van der Waals surface area contributed by atoms with Crippen LogP contribution in [-0.2, 0) is 16.0 Å². The third-order valence-corrected chi connectivity index (χ3v) is 6.82. The number of H-pyrrole nitrogens is 1. The molecule has 8 nitrogen and oxygen atoms in total. The third kappa shape index (κ3) is 5.40. The van der Waals surface area contributed by atoms with Gasteiger partial charge in [-0.15, -0.1) is 11.3 Å². The Morgan fingerprint density at radius 1 is 1.11 bits per heavy atom. The van der Waals surface area contributed by atoms with Crippen LogP contribution in [0, 0.1) is 5.82 Å². The first-order valence-electron chi connectivity index (χ1n) is 11.8. The molecule has 192 valence electrons. The van der Waals surface area contributed by atoms with Crippen LogP contribution in [0.2, 0.25) is 0 Å². The van der Waals surface area contributed by atoms with Crippen LogP contribution in [0.1, 0.15) is 12.1 Å². The summed E-state index contributed by atoms with van der Waals surface area (Å²) in [6, 6.07) is 19.7. The molecule has 5 rings (SSSR count). The van der Waals surface area contributed by atoms with Crippen LogP contribution >= 0.6 is 11.3 Å². The number of nitrogens with zero attached hydrogens (tertiary/aromatic N) is 3. The van der Waals surface area contributed by atoms with Crippen LogP contribution in [0.25, 0.3) is 22.3 Å². The molecule has 38 heavy (non-hydrogen) atoms. The Labute approximate surface area is 221 Å². The van der Waals surface area contributed by atoms with Crippen LogP contribution in [0.4, 0.5) is 26.6 Å². The van der Waals surface area contributed by atoms with Crippen LogP contribution in [0.5, 0.6) is 0 Å². The number of aromatic nitrogens is 3. The fourth-order valence-electron chi connectivity index (χ4n) is 4.02. The van der Waals surface area contributed by atoms with Crippen LogP contribution in [-0.4, -0.2) is 35.1 Å². The number of carbonyl (C=O) groups is 1. The molecule has 2 N–H and O–H groups in total. The van der Waals surface area contributed by atoms with Gasteiger partial charge in [0, 0.05) is 30.1 Å². The minimum absolute atomic E-state index is 0.0644. The van der Waals surface area contributed by atoms with Crippen molar-refractivity contribution in [3.63, 3.8) is 0 Å². The number of aromatic amines is 1. The number of nitrogens with one attached hydrogen (secondary N) is 2. The van der Waals surface area contributed by atoms with E-state index in [1.54, 1.807) is 12.1 Å². The van der Waals surface area contributed by atoms with E-state index < -0.39 is 5.97 Å². The Kier molecular flexibility index (Phi) is 7.14. The molecule has 0 radical (unpaired) electrons. The normalized spacial score (nSPS) is 10.9. The summed E-state index contributed by atoms with van der Waals surface area (Å²) < 4.78 is 18.0. The lowest BCUT2D eigenvalue weighted by Crippen LogP contribution is -2.18. The molecule has 0 fully saturated rings. The number of esters is 1. The fourth-order valence-corrected chi connectivity index (χ4v) is 4.75. The second-order valence-electron chi connectivity index (χ2n) is 8.54. The Bertz CT molecular complexity index is 1650. The number of hydrogen-bond donors (Lipinski definition) is 2. The monoisotopic (exact) mass is 529 g/mol. The predicted molar refractivity (Wildman–Crippen MR) is 148 cm³/mol. The number of rotatable bonds is 8. The molecule has 3 aromatic carbocycles. The van der Waals surface area contributed by atoms with Crippen molar-refractivity contribution in [2.75, 3.05) is 24.4 Å². The molecule has 0 aliphatic rings. The van der Waals surface area contributed by atoms with E-state index >= 15 is 0 Å². The lowest BCUT2D eigenvalue weighted by molar-refractivity contribution is -0.140. The molecule has 0 spiro atoms. The van der Waals surface area contributed by atoms with Gasteiger partial charge in [-0.25, -0.2) is 14.4 Å².